The van der Waals surface area contributed by atoms with Crippen molar-refractivity contribution in [1.82, 2.24) is 10.6 Å². The maximum absolute atomic E-state index is 12.9. The molecule has 31 heavy (non-hydrogen) atoms. The van der Waals surface area contributed by atoms with Gasteiger partial charge < -0.3 is 15.4 Å². The maximum Gasteiger partial charge on any atom is 0.251 e. The highest BCUT2D eigenvalue weighted by molar-refractivity contribution is 6.30. The van der Waals surface area contributed by atoms with Crippen LogP contribution in [0.5, 0.6) is 5.75 Å². The van der Waals surface area contributed by atoms with Crippen LogP contribution in [0, 0.1) is 0 Å². The van der Waals surface area contributed by atoms with Crippen molar-refractivity contribution >= 4 is 23.4 Å². The van der Waals surface area contributed by atoms with Crippen LogP contribution in [0.25, 0.3) is 0 Å². The molecule has 6 heteroatoms. The Balaban J connectivity index is 1.66. The lowest BCUT2D eigenvalue weighted by Gasteiger charge is -2.19. The van der Waals surface area contributed by atoms with E-state index in [0.717, 1.165) is 16.9 Å². The molecule has 0 heterocycles. The molecule has 0 radical (unpaired) electrons. The number of hydrogen-bond donors (Lipinski definition) is 2. The second-order valence-corrected chi connectivity index (χ2v) is 7.51. The monoisotopic (exact) mass is 436 g/mol. The molecule has 3 aromatic carbocycles. The molecular weight excluding hydrogens is 412 g/mol. The summed E-state index contributed by atoms with van der Waals surface area (Å²) in [4.78, 5) is 25.6. The van der Waals surface area contributed by atoms with Crippen LogP contribution in [0.15, 0.2) is 78.9 Å². The normalized spacial score (nSPS) is 11.4. The zero-order valence-electron chi connectivity index (χ0n) is 17.3. The molecule has 0 aliphatic carbocycles. The van der Waals surface area contributed by atoms with Gasteiger partial charge in [0.2, 0.25) is 5.91 Å². The van der Waals surface area contributed by atoms with Crippen LogP contribution < -0.4 is 15.4 Å². The van der Waals surface area contributed by atoms with E-state index in [1.807, 2.05) is 54.6 Å². The van der Waals surface area contributed by atoms with Crippen LogP contribution in [0.2, 0.25) is 5.02 Å². The number of carbonyl (C=O) groups is 2. The highest BCUT2D eigenvalue weighted by Crippen LogP contribution is 2.17. The van der Waals surface area contributed by atoms with Gasteiger partial charge in [0, 0.05) is 23.6 Å². The quantitative estimate of drug-likeness (QED) is 0.531. The van der Waals surface area contributed by atoms with Gasteiger partial charge in [-0.15, -0.1) is 0 Å². The molecule has 3 rings (SSSR count). The summed E-state index contributed by atoms with van der Waals surface area (Å²) in [6.07, 6.45) is 1.01. The third-order valence-corrected chi connectivity index (χ3v) is 5.15. The number of benzene rings is 3. The first-order chi connectivity index (χ1) is 15.1. The maximum atomic E-state index is 12.9. The molecule has 0 aliphatic rings. The zero-order valence-corrected chi connectivity index (χ0v) is 18.1. The number of halogens is 1. The molecule has 2 amide bonds. The number of rotatable bonds is 9. The van der Waals surface area contributed by atoms with Gasteiger partial charge in [-0.25, -0.2) is 0 Å². The minimum Gasteiger partial charge on any atom is -0.496 e. The minimum atomic E-state index is -0.705. The Kier molecular flexibility index (Phi) is 8.07. The van der Waals surface area contributed by atoms with Crippen molar-refractivity contribution in [3.63, 3.8) is 0 Å². The van der Waals surface area contributed by atoms with E-state index in [4.69, 9.17) is 16.3 Å². The molecule has 3 aromatic rings. The fourth-order valence-electron chi connectivity index (χ4n) is 3.25. The summed E-state index contributed by atoms with van der Waals surface area (Å²) in [6, 6.07) is 23.2. The van der Waals surface area contributed by atoms with E-state index in [0.29, 0.717) is 30.0 Å². The lowest BCUT2D eigenvalue weighted by atomic mass is 10.0. The van der Waals surface area contributed by atoms with Gasteiger partial charge in [0.25, 0.3) is 5.91 Å². The van der Waals surface area contributed by atoms with Crippen molar-refractivity contribution in [3.8, 4) is 5.75 Å². The summed E-state index contributed by atoms with van der Waals surface area (Å²) in [5.41, 5.74) is 2.42. The molecule has 0 saturated heterocycles. The largest absolute Gasteiger partial charge is 0.496 e. The van der Waals surface area contributed by atoms with Crippen molar-refractivity contribution in [2.24, 2.45) is 0 Å². The average molecular weight is 437 g/mol. The molecule has 160 valence electrons. The molecule has 0 spiro atoms. The van der Waals surface area contributed by atoms with Crippen molar-refractivity contribution in [1.29, 1.82) is 0 Å². The Morgan fingerprint density at radius 2 is 1.61 bits per heavy atom. The number of para-hydroxylation sites is 1. The van der Waals surface area contributed by atoms with E-state index in [1.54, 1.807) is 31.4 Å². The van der Waals surface area contributed by atoms with Crippen LogP contribution in [0.3, 0.4) is 0 Å². The highest BCUT2D eigenvalue weighted by atomic mass is 35.5. The summed E-state index contributed by atoms with van der Waals surface area (Å²) < 4.78 is 5.36. The first-order valence-electron chi connectivity index (χ1n) is 10.1. The lowest BCUT2D eigenvalue weighted by Crippen LogP contribution is -2.48. The number of ether oxygens (including phenoxy) is 1. The number of amides is 2. The van der Waals surface area contributed by atoms with Crippen LogP contribution in [0.4, 0.5) is 0 Å². The third-order valence-electron chi connectivity index (χ3n) is 4.90. The summed E-state index contributed by atoms with van der Waals surface area (Å²) in [6.45, 7) is 0.432. The summed E-state index contributed by atoms with van der Waals surface area (Å²) in [5.74, 6) is 0.229. The summed E-state index contributed by atoms with van der Waals surface area (Å²) in [7, 11) is 1.62. The van der Waals surface area contributed by atoms with E-state index in [-0.39, 0.29) is 11.8 Å². The van der Waals surface area contributed by atoms with E-state index in [2.05, 4.69) is 10.6 Å². The van der Waals surface area contributed by atoms with Crippen LogP contribution in [-0.2, 0) is 17.6 Å². The van der Waals surface area contributed by atoms with Crippen molar-refractivity contribution < 1.29 is 14.3 Å². The molecule has 5 nitrogen and oxygen atoms in total. The van der Waals surface area contributed by atoms with Gasteiger partial charge in [0.05, 0.1) is 7.11 Å². The third kappa shape index (κ3) is 6.59. The Hall–Kier alpha value is -3.31. The highest BCUT2D eigenvalue weighted by Gasteiger charge is 2.22. The Morgan fingerprint density at radius 1 is 0.935 bits per heavy atom. The molecule has 0 bridgehead atoms. The first-order valence-corrected chi connectivity index (χ1v) is 10.4. The molecule has 1 unspecified atom stereocenters. The molecule has 0 aromatic heterocycles. The topological polar surface area (TPSA) is 67.4 Å². The molecule has 0 saturated carbocycles. The smallest absolute Gasteiger partial charge is 0.251 e. The Labute approximate surface area is 187 Å². The minimum absolute atomic E-state index is 0.235. The second kappa shape index (κ2) is 11.2. The van der Waals surface area contributed by atoms with E-state index in [9.17, 15) is 9.59 Å². The van der Waals surface area contributed by atoms with Gasteiger partial charge in [-0.05, 0) is 47.9 Å². The van der Waals surface area contributed by atoms with Gasteiger partial charge in [-0.2, -0.15) is 0 Å². The standard InChI is InChI=1S/C25H25ClN2O3/c1-31-23-10-6-5-9-19(23)15-16-27-25(30)22(17-18-7-3-2-4-8-18)28-24(29)20-11-13-21(26)14-12-20/h2-14,22H,15-17H2,1H3,(H,27,30)(H,28,29). The van der Waals surface area contributed by atoms with E-state index in [1.165, 1.54) is 0 Å². The molecule has 1 atom stereocenters. The van der Waals surface area contributed by atoms with Gasteiger partial charge in [-0.1, -0.05) is 60.1 Å². The molecule has 2 N–H and O–H groups in total. The van der Waals surface area contributed by atoms with Gasteiger partial charge in [0.1, 0.15) is 11.8 Å². The fourth-order valence-corrected chi connectivity index (χ4v) is 3.38. The predicted octanol–water partition coefficient (Wildman–Crippen LogP) is 4.05. The number of nitrogens with one attached hydrogen (secondary N) is 2. The number of methoxy groups -OCH3 is 1. The van der Waals surface area contributed by atoms with E-state index < -0.39 is 6.04 Å². The lowest BCUT2D eigenvalue weighted by molar-refractivity contribution is -0.122. The average Bonchev–Trinajstić information content (AvgIpc) is 2.80. The number of hydrogen-bond acceptors (Lipinski definition) is 3. The van der Waals surface area contributed by atoms with Crippen LogP contribution in [0.1, 0.15) is 21.5 Å². The van der Waals surface area contributed by atoms with Crippen molar-refractivity contribution in [2.45, 2.75) is 18.9 Å². The molecule has 0 fully saturated rings. The summed E-state index contributed by atoms with van der Waals surface area (Å²) >= 11 is 5.90. The van der Waals surface area contributed by atoms with Crippen LogP contribution in [-0.4, -0.2) is 31.5 Å². The SMILES string of the molecule is COc1ccccc1CCNC(=O)C(Cc1ccccc1)NC(=O)c1ccc(Cl)cc1. The molecular formula is C25H25ClN2O3. The van der Waals surface area contributed by atoms with Gasteiger partial charge in [-0.3, -0.25) is 9.59 Å². The predicted molar refractivity (Wildman–Crippen MR) is 123 cm³/mol. The number of carbonyl (C=O) groups excluding carboxylic acids is 2. The molecule has 0 aliphatic heterocycles. The van der Waals surface area contributed by atoms with Gasteiger partial charge >= 0.3 is 0 Å². The van der Waals surface area contributed by atoms with Crippen molar-refractivity contribution in [2.75, 3.05) is 13.7 Å². The summed E-state index contributed by atoms with van der Waals surface area (Å²) in [5, 5.41) is 6.34. The Morgan fingerprint density at radius 3 is 2.32 bits per heavy atom. The Bertz CT molecular complexity index is 1010. The fraction of sp³-hybridized carbons (Fsp3) is 0.200. The van der Waals surface area contributed by atoms with Crippen molar-refractivity contribution in [3.05, 3.63) is 101 Å². The second-order valence-electron chi connectivity index (χ2n) is 7.08. The zero-order chi connectivity index (χ0) is 22.1. The first kappa shape index (κ1) is 22.4. The van der Waals surface area contributed by atoms with Gasteiger partial charge in [0.15, 0.2) is 0 Å². The van der Waals surface area contributed by atoms with E-state index >= 15 is 0 Å². The van der Waals surface area contributed by atoms with Crippen LogP contribution >= 0.6 is 11.6 Å².